The summed E-state index contributed by atoms with van der Waals surface area (Å²) in [6.07, 6.45) is 5.66. The van der Waals surface area contributed by atoms with Gasteiger partial charge in [0, 0.05) is 12.5 Å². The van der Waals surface area contributed by atoms with Gasteiger partial charge in [-0.2, -0.15) is 0 Å². The van der Waals surface area contributed by atoms with Crippen LogP contribution in [-0.4, -0.2) is 31.0 Å². The molecule has 3 aromatic rings. The quantitative estimate of drug-likeness (QED) is 0.358. The summed E-state index contributed by atoms with van der Waals surface area (Å²) in [7, 11) is 0. The minimum atomic E-state index is -0.683. The molecule has 0 heterocycles. The second-order valence-electron chi connectivity index (χ2n) is 9.94. The molecule has 2 N–H and O–H groups in total. The molecule has 5 nitrogen and oxygen atoms in total. The Morgan fingerprint density at radius 2 is 1.58 bits per heavy atom. The number of hydrogen-bond acceptors (Lipinski definition) is 4. The summed E-state index contributed by atoms with van der Waals surface area (Å²) in [6.45, 7) is 1.34. The van der Waals surface area contributed by atoms with Crippen LogP contribution in [0.3, 0.4) is 0 Å². The van der Waals surface area contributed by atoms with Crippen molar-refractivity contribution in [2.24, 2.45) is 5.92 Å². The molecule has 2 aliphatic rings. The second kappa shape index (κ2) is 11.6. The van der Waals surface area contributed by atoms with Crippen molar-refractivity contribution in [2.75, 3.05) is 19.8 Å². The smallest absolute Gasteiger partial charge is 0.407 e. The van der Waals surface area contributed by atoms with E-state index >= 15 is 0 Å². The first-order valence-electron chi connectivity index (χ1n) is 13.2. The van der Waals surface area contributed by atoms with E-state index in [1.807, 2.05) is 48.5 Å². The van der Waals surface area contributed by atoms with Crippen molar-refractivity contribution >= 4 is 6.09 Å². The number of aliphatic hydroxyl groups is 1. The van der Waals surface area contributed by atoms with Crippen molar-refractivity contribution in [1.29, 1.82) is 0 Å². The fourth-order valence-electron chi connectivity index (χ4n) is 5.51. The summed E-state index contributed by atoms with van der Waals surface area (Å²) >= 11 is 0. The molecule has 0 bridgehead atoms. The maximum absolute atomic E-state index is 12.4. The molecule has 1 atom stereocenters. The van der Waals surface area contributed by atoms with E-state index in [0.29, 0.717) is 18.9 Å². The molecule has 5 rings (SSSR count). The Bertz CT molecular complexity index is 1120. The lowest BCUT2D eigenvalue weighted by atomic mass is 9.90. The molecule has 5 heteroatoms. The molecular formula is C31H35NO4. The zero-order valence-corrected chi connectivity index (χ0v) is 20.7. The highest BCUT2D eigenvalue weighted by atomic mass is 16.5. The molecule has 1 saturated carbocycles. The van der Waals surface area contributed by atoms with Gasteiger partial charge in [0.2, 0.25) is 0 Å². The van der Waals surface area contributed by atoms with Gasteiger partial charge in [-0.3, -0.25) is 0 Å². The van der Waals surface area contributed by atoms with E-state index in [4.69, 9.17) is 9.47 Å². The number of carbonyl (C=O) groups is 1. The Morgan fingerprint density at radius 3 is 2.31 bits per heavy atom. The van der Waals surface area contributed by atoms with E-state index < -0.39 is 12.2 Å². The van der Waals surface area contributed by atoms with E-state index in [9.17, 15) is 9.90 Å². The first-order chi connectivity index (χ1) is 17.7. The highest BCUT2D eigenvalue weighted by Crippen LogP contribution is 2.44. The van der Waals surface area contributed by atoms with Gasteiger partial charge in [-0.05, 0) is 65.1 Å². The molecule has 36 heavy (non-hydrogen) atoms. The molecule has 0 saturated heterocycles. The van der Waals surface area contributed by atoms with Crippen LogP contribution in [0.15, 0.2) is 72.8 Å². The van der Waals surface area contributed by atoms with Crippen molar-refractivity contribution < 1.29 is 19.4 Å². The average molecular weight is 486 g/mol. The Kier molecular flexibility index (Phi) is 7.87. The Morgan fingerprint density at radius 1 is 0.889 bits per heavy atom. The topological polar surface area (TPSA) is 67.8 Å². The minimum Gasteiger partial charge on any atom is -0.493 e. The summed E-state index contributed by atoms with van der Waals surface area (Å²) in [5.41, 5.74) is 5.58. The number of amides is 1. The largest absolute Gasteiger partial charge is 0.493 e. The Hall–Kier alpha value is -3.31. The standard InChI is InChI=1S/C31H35NO4/c33-30(23-11-8-12-24(19-23)35-20-22-9-2-1-3-10-22)17-18-32-31(34)36-21-29-27-15-6-4-13-25(27)26-14-5-7-16-28(26)29/h4-8,11-16,19,22,29-30,33H,1-3,9-10,17-18,20-21H2,(H,32,34)/t30-/m0/s1. The zero-order valence-electron chi connectivity index (χ0n) is 20.7. The van der Waals surface area contributed by atoms with Gasteiger partial charge in [0.1, 0.15) is 12.4 Å². The van der Waals surface area contributed by atoms with Crippen LogP contribution >= 0.6 is 0 Å². The van der Waals surface area contributed by atoms with Gasteiger partial charge in [0.15, 0.2) is 0 Å². The van der Waals surface area contributed by atoms with E-state index in [2.05, 4.69) is 29.6 Å². The number of benzene rings is 3. The predicted molar refractivity (Wildman–Crippen MR) is 141 cm³/mol. The van der Waals surface area contributed by atoms with Crippen molar-refractivity contribution in [3.05, 3.63) is 89.5 Å². The van der Waals surface area contributed by atoms with Crippen LogP contribution in [0.1, 0.15) is 67.2 Å². The van der Waals surface area contributed by atoms with E-state index in [1.54, 1.807) is 0 Å². The van der Waals surface area contributed by atoms with Crippen molar-refractivity contribution in [2.45, 2.75) is 50.5 Å². The fraction of sp³-hybridized carbons (Fsp3) is 0.387. The van der Waals surface area contributed by atoms with Gasteiger partial charge in [0.25, 0.3) is 0 Å². The molecule has 188 valence electrons. The average Bonchev–Trinajstić information content (AvgIpc) is 3.25. The molecule has 1 fully saturated rings. The Balaban J connectivity index is 1.08. The Labute approximate surface area is 213 Å². The van der Waals surface area contributed by atoms with Gasteiger partial charge in [0.05, 0.1) is 12.7 Å². The summed E-state index contributed by atoms with van der Waals surface area (Å²) in [5, 5.41) is 13.4. The lowest BCUT2D eigenvalue weighted by molar-refractivity contribution is 0.136. The molecule has 1 amide bonds. The molecule has 0 radical (unpaired) electrons. The molecule has 2 aliphatic carbocycles. The number of nitrogens with one attached hydrogen (secondary N) is 1. The molecule has 0 unspecified atom stereocenters. The van der Waals surface area contributed by atoms with Crippen LogP contribution in [-0.2, 0) is 4.74 Å². The third-order valence-electron chi connectivity index (χ3n) is 7.48. The predicted octanol–water partition coefficient (Wildman–Crippen LogP) is 6.61. The number of hydrogen-bond donors (Lipinski definition) is 2. The summed E-state index contributed by atoms with van der Waals surface area (Å²) in [6, 6.07) is 24.2. The van der Waals surface area contributed by atoms with Gasteiger partial charge >= 0.3 is 6.09 Å². The van der Waals surface area contributed by atoms with Crippen molar-refractivity contribution in [1.82, 2.24) is 5.32 Å². The number of rotatable bonds is 9. The summed E-state index contributed by atoms with van der Waals surface area (Å²) < 4.78 is 11.6. The van der Waals surface area contributed by atoms with Crippen LogP contribution in [0, 0.1) is 5.92 Å². The second-order valence-corrected chi connectivity index (χ2v) is 9.94. The third kappa shape index (κ3) is 5.73. The lowest BCUT2D eigenvalue weighted by Gasteiger charge is -2.22. The molecule has 0 aliphatic heterocycles. The monoisotopic (exact) mass is 485 g/mol. The zero-order chi connectivity index (χ0) is 24.7. The number of fused-ring (bicyclic) bond motifs is 3. The summed E-state index contributed by atoms with van der Waals surface area (Å²) in [4.78, 5) is 12.4. The number of ether oxygens (including phenoxy) is 2. The van der Waals surface area contributed by atoms with Crippen molar-refractivity contribution in [3.63, 3.8) is 0 Å². The SMILES string of the molecule is O=C(NCC[C@H](O)c1cccc(OCC2CCCCC2)c1)OCC1c2ccccc2-c2ccccc21. The van der Waals surface area contributed by atoms with Gasteiger partial charge in [-0.1, -0.05) is 79.9 Å². The first kappa shape index (κ1) is 24.4. The maximum atomic E-state index is 12.4. The van der Waals surface area contributed by atoms with Gasteiger partial charge in [-0.25, -0.2) is 4.79 Å². The lowest BCUT2D eigenvalue weighted by Crippen LogP contribution is -2.28. The van der Waals surface area contributed by atoms with Crippen molar-refractivity contribution in [3.8, 4) is 16.9 Å². The van der Waals surface area contributed by atoms with Crippen LogP contribution in [0.4, 0.5) is 4.79 Å². The molecule has 0 spiro atoms. The number of aliphatic hydroxyl groups excluding tert-OH is 1. The van der Waals surface area contributed by atoms with Crippen LogP contribution < -0.4 is 10.1 Å². The highest BCUT2D eigenvalue weighted by molar-refractivity contribution is 5.79. The highest BCUT2D eigenvalue weighted by Gasteiger charge is 2.29. The molecule has 3 aromatic carbocycles. The third-order valence-corrected chi connectivity index (χ3v) is 7.48. The maximum Gasteiger partial charge on any atom is 0.407 e. The first-order valence-corrected chi connectivity index (χ1v) is 13.2. The van der Waals surface area contributed by atoms with Gasteiger partial charge < -0.3 is 19.9 Å². The normalized spacial score (nSPS) is 16.1. The molecular weight excluding hydrogens is 450 g/mol. The van der Waals surface area contributed by atoms with Crippen LogP contribution in [0.5, 0.6) is 5.75 Å². The van der Waals surface area contributed by atoms with Crippen LogP contribution in [0.25, 0.3) is 11.1 Å². The molecule has 0 aromatic heterocycles. The van der Waals surface area contributed by atoms with E-state index in [1.165, 1.54) is 54.4 Å². The fourth-order valence-corrected chi connectivity index (χ4v) is 5.51. The summed E-state index contributed by atoms with van der Waals surface area (Å²) in [5.74, 6) is 1.46. The van der Waals surface area contributed by atoms with Gasteiger partial charge in [-0.15, -0.1) is 0 Å². The number of alkyl carbamates (subject to hydrolysis) is 1. The van der Waals surface area contributed by atoms with E-state index in [0.717, 1.165) is 17.9 Å². The number of carbonyl (C=O) groups excluding carboxylic acids is 1. The van der Waals surface area contributed by atoms with E-state index in [-0.39, 0.29) is 12.5 Å². The minimum absolute atomic E-state index is 0.0325. The van der Waals surface area contributed by atoms with Crippen LogP contribution in [0.2, 0.25) is 0 Å².